The Hall–Kier alpha value is -2.10. The molecule has 128 valence electrons. The lowest BCUT2D eigenvalue weighted by molar-refractivity contribution is -0.0255. The molecular formula is C22H23NO2. The molecule has 3 atom stereocenters. The molecule has 1 saturated heterocycles. The van der Waals surface area contributed by atoms with Gasteiger partial charge >= 0.3 is 0 Å². The second-order valence-corrected chi connectivity index (χ2v) is 7.20. The van der Waals surface area contributed by atoms with Gasteiger partial charge in [0.1, 0.15) is 11.5 Å². The summed E-state index contributed by atoms with van der Waals surface area (Å²) in [5.74, 6) is 2.59. The molecule has 25 heavy (non-hydrogen) atoms. The van der Waals surface area contributed by atoms with Crippen LogP contribution in [-0.2, 0) is 11.2 Å². The monoisotopic (exact) mass is 333 g/mol. The molecule has 0 spiro atoms. The second-order valence-electron chi connectivity index (χ2n) is 7.20. The predicted molar refractivity (Wildman–Crippen MR) is 98.4 cm³/mol. The SMILES string of the molecule is Cc1oc(-c2ccccc2)c2c1CC1C=CC=CC1N1CCOCC21. The molecule has 0 bridgehead atoms. The molecule has 1 fully saturated rings. The number of morpholine rings is 1. The molecule has 0 saturated carbocycles. The maximum absolute atomic E-state index is 6.31. The van der Waals surface area contributed by atoms with E-state index in [2.05, 4.69) is 66.5 Å². The van der Waals surface area contributed by atoms with Crippen LogP contribution in [0.25, 0.3) is 11.3 Å². The Bertz CT molecular complexity index is 833. The third-order valence-corrected chi connectivity index (χ3v) is 5.83. The van der Waals surface area contributed by atoms with E-state index in [1.165, 1.54) is 11.1 Å². The summed E-state index contributed by atoms with van der Waals surface area (Å²) in [6.07, 6.45) is 10.1. The van der Waals surface area contributed by atoms with Gasteiger partial charge in [0.25, 0.3) is 0 Å². The number of allylic oxidation sites excluding steroid dienone is 2. The number of hydrogen-bond donors (Lipinski definition) is 0. The maximum Gasteiger partial charge on any atom is 0.139 e. The third-order valence-electron chi connectivity index (χ3n) is 5.83. The van der Waals surface area contributed by atoms with Gasteiger partial charge < -0.3 is 9.15 Å². The summed E-state index contributed by atoms with van der Waals surface area (Å²) in [6, 6.07) is 11.2. The molecule has 3 aliphatic rings. The van der Waals surface area contributed by atoms with Crippen LogP contribution in [0.2, 0.25) is 0 Å². The van der Waals surface area contributed by atoms with Crippen molar-refractivity contribution in [3.05, 3.63) is 71.5 Å². The second kappa shape index (κ2) is 6.01. The van der Waals surface area contributed by atoms with Crippen molar-refractivity contribution in [1.82, 2.24) is 4.90 Å². The van der Waals surface area contributed by atoms with Gasteiger partial charge in [0.15, 0.2) is 0 Å². The van der Waals surface area contributed by atoms with Crippen molar-refractivity contribution in [3.8, 4) is 11.3 Å². The standard InChI is InChI=1S/C22H23NO2/c1-15-18-13-17-9-5-6-10-19(17)23-11-12-24-14-20(23)21(18)22(25-15)16-7-3-2-4-8-16/h2-10,17,19-20H,11-14H2,1H3. The van der Waals surface area contributed by atoms with E-state index in [4.69, 9.17) is 9.15 Å². The number of hydrogen-bond acceptors (Lipinski definition) is 3. The molecular weight excluding hydrogens is 310 g/mol. The van der Waals surface area contributed by atoms with Gasteiger partial charge in [0.2, 0.25) is 0 Å². The maximum atomic E-state index is 6.31. The topological polar surface area (TPSA) is 25.6 Å². The molecule has 1 aromatic heterocycles. The molecule has 0 amide bonds. The van der Waals surface area contributed by atoms with Gasteiger partial charge in [-0.25, -0.2) is 0 Å². The Labute approximate surface area is 148 Å². The molecule has 3 heteroatoms. The summed E-state index contributed by atoms with van der Waals surface area (Å²) in [5.41, 5.74) is 3.89. The highest BCUT2D eigenvalue weighted by atomic mass is 16.5. The van der Waals surface area contributed by atoms with Gasteiger partial charge in [0, 0.05) is 29.6 Å². The normalized spacial score (nSPS) is 28.1. The number of ether oxygens (including phenoxy) is 1. The molecule has 0 radical (unpaired) electrons. The Balaban J connectivity index is 1.70. The molecule has 2 aromatic rings. The molecule has 1 aromatic carbocycles. The first-order valence-electron chi connectivity index (χ1n) is 9.19. The minimum Gasteiger partial charge on any atom is -0.461 e. The van der Waals surface area contributed by atoms with Crippen molar-refractivity contribution < 1.29 is 9.15 Å². The fourth-order valence-electron chi connectivity index (χ4n) is 4.65. The van der Waals surface area contributed by atoms with Crippen LogP contribution in [0.4, 0.5) is 0 Å². The lowest BCUT2D eigenvalue weighted by atomic mass is 9.88. The van der Waals surface area contributed by atoms with E-state index in [-0.39, 0.29) is 6.04 Å². The molecule has 3 nitrogen and oxygen atoms in total. The van der Waals surface area contributed by atoms with Crippen LogP contribution in [-0.4, -0.2) is 30.7 Å². The van der Waals surface area contributed by atoms with Crippen LogP contribution in [0.5, 0.6) is 0 Å². The van der Waals surface area contributed by atoms with Gasteiger partial charge in [-0.3, -0.25) is 4.90 Å². The lowest BCUT2D eigenvalue weighted by Crippen LogP contribution is -2.47. The van der Waals surface area contributed by atoms with Crippen LogP contribution in [0.3, 0.4) is 0 Å². The van der Waals surface area contributed by atoms with Crippen molar-refractivity contribution >= 4 is 0 Å². The van der Waals surface area contributed by atoms with Gasteiger partial charge in [-0.2, -0.15) is 0 Å². The summed E-state index contributed by atoms with van der Waals surface area (Å²) in [5, 5.41) is 0. The lowest BCUT2D eigenvalue weighted by Gasteiger charge is -2.41. The smallest absolute Gasteiger partial charge is 0.139 e. The first kappa shape index (κ1) is 15.2. The summed E-state index contributed by atoms with van der Waals surface area (Å²) in [4.78, 5) is 2.63. The van der Waals surface area contributed by atoms with E-state index in [9.17, 15) is 0 Å². The summed E-state index contributed by atoms with van der Waals surface area (Å²) >= 11 is 0. The van der Waals surface area contributed by atoms with Crippen LogP contribution in [0.15, 0.2) is 59.1 Å². The number of furan rings is 1. The van der Waals surface area contributed by atoms with Crippen molar-refractivity contribution in [3.63, 3.8) is 0 Å². The Morgan fingerprint density at radius 3 is 2.80 bits per heavy atom. The first-order chi connectivity index (χ1) is 12.3. The summed E-state index contributed by atoms with van der Waals surface area (Å²) < 4.78 is 12.2. The van der Waals surface area contributed by atoms with E-state index < -0.39 is 0 Å². The molecule has 3 heterocycles. The van der Waals surface area contributed by atoms with Gasteiger partial charge in [-0.1, -0.05) is 54.6 Å². The zero-order valence-electron chi connectivity index (χ0n) is 14.5. The minimum atomic E-state index is 0.266. The summed E-state index contributed by atoms with van der Waals surface area (Å²) in [6.45, 7) is 4.64. The molecule has 2 aliphatic heterocycles. The van der Waals surface area contributed by atoms with Crippen molar-refractivity contribution in [2.45, 2.75) is 25.4 Å². The van der Waals surface area contributed by atoms with Crippen LogP contribution in [0.1, 0.15) is 22.9 Å². The highest BCUT2D eigenvalue weighted by Crippen LogP contribution is 2.45. The fourth-order valence-corrected chi connectivity index (χ4v) is 4.65. The molecule has 1 aliphatic carbocycles. The third kappa shape index (κ3) is 2.42. The highest BCUT2D eigenvalue weighted by molar-refractivity contribution is 5.65. The number of aryl methyl sites for hydroxylation is 1. The van der Waals surface area contributed by atoms with E-state index in [0.717, 1.165) is 43.3 Å². The molecule has 0 N–H and O–H groups in total. The Kier molecular flexibility index (Phi) is 3.65. The largest absolute Gasteiger partial charge is 0.461 e. The quantitative estimate of drug-likeness (QED) is 0.778. The van der Waals surface area contributed by atoms with Crippen molar-refractivity contribution in [2.24, 2.45) is 5.92 Å². The van der Waals surface area contributed by atoms with Gasteiger partial charge in [-0.05, 0) is 18.9 Å². The van der Waals surface area contributed by atoms with Gasteiger partial charge in [0.05, 0.1) is 19.3 Å². The Morgan fingerprint density at radius 2 is 1.92 bits per heavy atom. The molecule has 5 rings (SSSR count). The van der Waals surface area contributed by atoms with E-state index in [1.807, 2.05) is 0 Å². The van der Waals surface area contributed by atoms with Crippen molar-refractivity contribution in [1.29, 1.82) is 0 Å². The predicted octanol–water partition coefficient (Wildman–Crippen LogP) is 4.30. The van der Waals surface area contributed by atoms with Crippen LogP contribution in [0, 0.1) is 12.8 Å². The zero-order valence-corrected chi connectivity index (χ0v) is 14.5. The highest BCUT2D eigenvalue weighted by Gasteiger charge is 2.41. The van der Waals surface area contributed by atoms with Crippen LogP contribution >= 0.6 is 0 Å². The number of rotatable bonds is 1. The number of benzene rings is 1. The number of nitrogens with zero attached hydrogens (tertiary/aromatic N) is 1. The average molecular weight is 333 g/mol. The number of fused-ring (bicyclic) bond motifs is 5. The minimum absolute atomic E-state index is 0.266. The van der Waals surface area contributed by atoms with Gasteiger partial charge in [-0.15, -0.1) is 0 Å². The summed E-state index contributed by atoms with van der Waals surface area (Å²) in [7, 11) is 0. The average Bonchev–Trinajstić information content (AvgIpc) is 2.91. The van der Waals surface area contributed by atoms with E-state index in [0.29, 0.717) is 12.0 Å². The molecule has 3 unspecified atom stereocenters. The van der Waals surface area contributed by atoms with Crippen LogP contribution < -0.4 is 0 Å². The fraction of sp³-hybridized carbons (Fsp3) is 0.364. The van der Waals surface area contributed by atoms with E-state index >= 15 is 0 Å². The Morgan fingerprint density at radius 1 is 1.08 bits per heavy atom. The zero-order chi connectivity index (χ0) is 16.8. The first-order valence-corrected chi connectivity index (χ1v) is 9.19. The van der Waals surface area contributed by atoms with Crippen molar-refractivity contribution in [2.75, 3.05) is 19.8 Å². The van der Waals surface area contributed by atoms with E-state index in [1.54, 1.807) is 0 Å².